The van der Waals surface area contributed by atoms with Gasteiger partial charge >= 0.3 is 0 Å². The largest absolute Gasteiger partial charge is 0.313 e. The second kappa shape index (κ2) is 7.06. The molecule has 0 saturated carbocycles. The van der Waals surface area contributed by atoms with Crippen molar-refractivity contribution in [1.29, 1.82) is 0 Å². The molecular formula is C15H28N4. The lowest BCUT2D eigenvalue weighted by Gasteiger charge is -2.28. The lowest BCUT2D eigenvalue weighted by atomic mass is 10.1. The predicted octanol–water partition coefficient (Wildman–Crippen LogP) is 2.26. The topological polar surface area (TPSA) is 33.1 Å². The molecule has 0 bridgehead atoms. The molecule has 1 saturated heterocycles. The molecule has 0 spiro atoms. The van der Waals surface area contributed by atoms with Crippen LogP contribution in [-0.2, 0) is 13.1 Å². The average Bonchev–Trinajstić information content (AvgIpc) is 3.01. The Morgan fingerprint density at radius 3 is 3.00 bits per heavy atom. The number of aryl methyl sites for hydroxylation is 1. The van der Waals surface area contributed by atoms with E-state index in [1.165, 1.54) is 24.9 Å². The zero-order chi connectivity index (χ0) is 13.7. The van der Waals surface area contributed by atoms with Crippen LogP contribution in [0, 0.1) is 0 Å². The van der Waals surface area contributed by atoms with Gasteiger partial charge in [0.1, 0.15) is 0 Å². The van der Waals surface area contributed by atoms with Crippen molar-refractivity contribution in [1.82, 2.24) is 20.0 Å². The molecule has 1 unspecified atom stereocenters. The van der Waals surface area contributed by atoms with Crippen molar-refractivity contribution in [3.05, 3.63) is 18.0 Å². The van der Waals surface area contributed by atoms with E-state index in [-0.39, 0.29) is 0 Å². The van der Waals surface area contributed by atoms with Crippen LogP contribution in [0.15, 0.2) is 12.4 Å². The highest BCUT2D eigenvalue weighted by molar-refractivity contribution is 5.04. The van der Waals surface area contributed by atoms with Crippen LogP contribution in [0.25, 0.3) is 0 Å². The molecule has 108 valence electrons. The van der Waals surface area contributed by atoms with Gasteiger partial charge in [-0.25, -0.2) is 0 Å². The van der Waals surface area contributed by atoms with Crippen LogP contribution in [0.5, 0.6) is 0 Å². The molecule has 1 N–H and O–H groups in total. The highest BCUT2D eigenvalue weighted by Gasteiger charge is 2.20. The summed E-state index contributed by atoms with van der Waals surface area (Å²) in [7, 11) is 0. The number of rotatable bonds is 7. The van der Waals surface area contributed by atoms with E-state index in [1.54, 1.807) is 0 Å². The molecule has 1 fully saturated rings. The van der Waals surface area contributed by atoms with Gasteiger partial charge in [0.15, 0.2) is 0 Å². The Morgan fingerprint density at radius 1 is 1.53 bits per heavy atom. The minimum atomic E-state index is 0.580. The van der Waals surface area contributed by atoms with Crippen molar-refractivity contribution in [3.8, 4) is 0 Å². The minimum Gasteiger partial charge on any atom is -0.313 e. The molecule has 1 aromatic heterocycles. The van der Waals surface area contributed by atoms with E-state index in [9.17, 15) is 0 Å². The van der Waals surface area contributed by atoms with Crippen molar-refractivity contribution in [2.24, 2.45) is 0 Å². The zero-order valence-corrected chi connectivity index (χ0v) is 12.6. The summed E-state index contributed by atoms with van der Waals surface area (Å²) in [6, 6.07) is 1.25. The Bertz CT molecular complexity index is 366. The van der Waals surface area contributed by atoms with E-state index >= 15 is 0 Å². The van der Waals surface area contributed by atoms with Crippen LogP contribution in [0.3, 0.4) is 0 Å². The number of nitrogens with zero attached hydrogens (tertiary/aromatic N) is 3. The first-order chi connectivity index (χ1) is 9.19. The first-order valence-electron chi connectivity index (χ1n) is 7.67. The number of hydrogen-bond acceptors (Lipinski definition) is 3. The van der Waals surface area contributed by atoms with E-state index in [2.05, 4.69) is 47.0 Å². The molecule has 0 aliphatic carbocycles. The maximum atomic E-state index is 4.42. The van der Waals surface area contributed by atoms with Gasteiger partial charge in [0.2, 0.25) is 0 Å². The van der Waals surface area contributed by atoms with Crippen LogP contribution < -0.4 is 5.32 Å². The summed E-state index contributed by atoms with van der Waals surface area (Å²) in [5.41, 5.74) is 1.33. The quantitative estimate of drug-likeness (QED) is 0.820. The molecule has 19 heavy (non-hydrogen) atoms. The first-order valence-corrected chi connectivity index (χ1v) is 7.67. The molecule has 1 aliphatic rings. The van der Waals surface area contributed by atoms with Gasteiger partial charge in [-0.2, -0.15) is 5.10 Å². The van der Waals surface area contributed by atoms with E-state index in [0.717, 1.165) is 26.1 Å². The normalized spacial score (nSPS) is 19.7. The molecule has 1 aromatic rings. The van der Waals surface area contributed by atoms with Gasteiger partial charge in [0.05, 0.1) is 6.20 Å². The van der Waals surface area contributed by atoms with Gasteiger partial charge < -0.3 is 5.32 Å². The fourth-order valence-electron chi connectivity index (χ4n) is 2.73. The number of aromatic nitrogens is 2. The molecule has 4 nitrogen and oxygen atoms in total. The Kier molecular flexibility index (Phi) is 5.40. The molecule has 0 radical (unpaired) electrons. The highest BCUT2D eigenvalue weighted by Crippen LogP contribution is 2.13. The van der Waals surface area contributed by atoms with Gasteiger partial charge in [-0.3, -0.25) is 9.58 Å². The van der Waals surface area contributed by atoms with Crippen molar-refractivity contribution >= 4 is 0 Å². The third-order valence-corrected chi connectivity index (χ3v) is 3.87. The Hall–Kier alpha value is -0.870. The highest BCUT2D eigenvalue weighted by atomic mass is 15.3. The Labute approximate surface area is 117 Å². The van der Waals surface area contributed by atoms with Crippen molar-refractivity contribution in [2.45, 2.75) is 65.2 Å². The van der Waals surface area contributed by atoms with E-state index in [0.29, 0.717) is 12.1 Å². The van der Waals surface area contributed by atoms with Crippen LogP contribution in [0.1, 0.15) is 45.6 Å². The van der Waals surface area contributed by atoms with Crippen molar-refractivity contribution in [3.63, 3.8) is 0 Å². The lowest BCUT2D eigenvalue weighted by Crippen LogP contribution is -2.40. The van der Waals surface area contributed by atoms with Crippen LogP contribution >= 0.6 is 0 Å². The predicted molar refractivity (Wildman–Crippen MR) is 79.1 cm³/mol. The smallest absolute Gasteiger partial charge is 0.0534 e. The van der Waals surface area contributed by atoms with Crippen molar-refractivity contribution < 1.29 is 0 Å². The second-order valence-electron chi connectivity index (χ2n) is 5.93. The van der Waals surface area contributed by atoms with Crippen LogP contribution in [0.2, 0.25) is 0 Å². The maximum Gasteiger partial charge on any atom is 0.0534 e. The molecule has 0 aromatic carbocycles. The fraction of sp³-hybridized carbons (Fsp3) is 0.800. The lowest BCUT2D eigenvalue weighted by molar-refractivity contribution is 0.194. The Balaban J connectivity index is 1.90. The molecule has 0 amide bonds. The molecular weight excluding hydrogens is 236 g/mol. The van der Waals surface area contributed by atoms with Gasteiger partial charge in [0.25, 0.3) is 0 Å². The first kappa shape index (κ1) is 14.5. The molecule has 1 aliphatic heterocycles. The zero-order valence-electron chi connectivity index (χ0n) is 12.6. The molecule has 4 heteroatoms. The monoisotopic (exact) mass is 264 g/mol. The Morgan fingerprint density at radius 2 is 2.37 bits per heavy atom. The van der Waals surface area contributed by atoms with Gasteiger partial charge in [-0.1, -0.05) is 6.92 Å². The third-order valence-electron chi connectivity index (χ3n) is 3.87. The molecule has 2 rings (SSSR count). The standard InChI is InChI=1S/C15H28N4/c1-4-8-19-11-14(9-17-19)10-18(13(2)3)12-15-6-5-7-16-15/h9,11,13,15-16H,4-8,10,12H2,1-3H3. The van der Waals surface area contributed by atoms with E-state index in [1.807, 2.05) is 6.20 Å². The number of hydrogen-bond donors (Lipinski definition) is 1. The SMILES string of the molecule is CCCn1cc(CN(CC2CCCN2)C(C)C)cn1. The van der Waals surface area contributed by atoms with E-state index < -0.39 is 0 Å². The fourth-order valence-corrected chi connectivity index (χ4v) is 2.73. The van der Waals surface area contributed by atoms with Gasteiger partial charge in [-0.05, 0) is 39.7 Å². The van der Waals surface area contributed by atoms with Gasteiger partial charge in [-0.15, -0.1) is 0 Å². The summed E-state index contributed by atoms with van der Waals surface area (Å²) >= 11 is 0. The molecule has 1 atom stereocenters. The maximum absolute atomic E-state index is 4.42. The molecule has 2 heterocycles. The summed E-state index contributed by atoms with van der Waals surface area (Å²) in [5.74, 6) is 0. The average molecular weight is 264 g/mol. The summed E-state index contributed by atoms with van der Waals surface area (Å²) in [6.07, 6.45) is 8.00. The van der Waals surface area contributed by atoms with Crippen LogP contribution in [0.4, 0.5) is 0 Å². The van der Waals surface area contributed by atoms with Crippen LogP contribution in [-0.4, -0.2) is 39.9 Å². The number of nitrogens with one attached hydrogen (secondary N) is 1. The summed E-state index contributed by atoms with van der Waals surface area (Å²) in [5, 5.41) is 8.02. The summed E-state index contributed by atoms with van der Waals surface area (Å²) in [4.78, 5) is 2.55. The second-order valence-corrected chi connectivity index (χ2v) is 5.93. The van der Waals surface area contributed by atoms with E-state index in [4.69, 9.17) is 0 Å². The van der Waals surface area contributed by atoms with Gasteiger partial charge in [0, 0.05) is 43.5 Å². The third kappa shape index (κ3) is 4.32. The minimum absolute atomic E-state index is 0.580. The van der Waals surface area contributed by atoms with Crippen molar-refractivity contribution in [2.75, 3.05) is 13.1 Å². The summed E-state index contributed by atoms with van der Waals surface area (Å²) in [6.45, 7) is 11.1. The summed E-state index contributed by atoms with van der Waals surface area (Å²) < 4.78 is 2.06.